The van der Waals surface area contributed by atoms with Gasteiger partial charge < -0.3 is 14.5 Å². The van der Waals surface area contributed by atoms with Crippen LogP contribution in [0.3, 0.4) is 0 Å². The summed E-state index contributed by atoms with van der Waals surface area (Å²) in [4.78, 5) is 4.41. The molecule has 0 radical (unpaired) electrons. The van der Waals surface area contributed by atoms with Gasteiger partial charge in [0.15, 0.2) is 5.89 Å². The number of aromatic nitrogens is 1. The molecule has 2 unspecified atom stereocenters. The molecule has 0 spiro atoms. The maximum atomic E-state index is 5.91. The van der Waals surface area contributed by atoms with E-state index in [2.05, 4.69) is 38.0 Å². The minimum Gasteiger partial charge on any atom is -0.445 e. The first-order chi connectivity index (χ1) is 9.49. The summed E-state index contributed by atoms with van der Waals surface area (Å²) in [5.74, 6) is 2.26. The number of hydrogen-bond acceptors (Lipinski definition) is 4. The zero-order valence-corrected chi connectivity index (χ0v) is 13.2. The van der Waals surface area contributed by atoms with Crippen molar-refractivity contribution < 1.29 is 9.15 Å². The Balaban J connectivity index is 1.80. The van der Waals surface area contributed by atoms with Crippen LogP contribution in [0.5, 0.6) is 0 Å². The van der Waals surface area contributed by atoms with Gasteiger partial charge in [0, 0.05) is 24.5 Å². The lowest BCUT2D eigenvalue weighted by molar-refractivity contribution is 0.0971. The predicted octanol–water partition coefficient (Wildman–Crippen LogP) is 3.28. The minimum atomic E-state index is 0.178. The van der Waals surface area contributed by atoms with Crippen LogP contribution in [0.1, 0.15) is 64.5 Å². The van der Waals surface area contributed by atoms with Gasteiger partial charge in [-0.15, -0.1) is 0 Å². The molecule has 1 aliphatic heterocycles. The average molecular weight is 280 g/mol. The zero-order valence-electron chi connectivity index (χ0n) is 13.2. The van der Waals surface area contributed by atoms with Crippen molar-refractivity contribution in [2.75, 3.05) is 13.2 Å². The second-order valence-corrected chi connectivity index (χ2v) is 6.65. The van der Waals surface area contributed by atoms with Crippen molar-refractivity contribution in [2.45, 2.75) is 70.9 Å². The number of rotatable bonds is 6. The molecule has 0 aliphatic carbocycles. The highest BCUT2D eigenvalue weighted by molar-refractivity contribution is 5.06. The summed E-state index contributed by atoms with van der Waals surface area (Å²) in [7, 11) is 0. The molecular weight excluding hydrogens is 252 g/mol. The second-order valence-electron chi connectivity index (χ2n) is 6.65. The van der Waals surface area contributed by atoms with E-state index in [9.17, 15) is 0 Å². The summed E-state index contributed by atoms with van der Waals surface area (Å²) in [5.41, 5.74) is 0.178. The van der Waals surface area contributed by atoms with Crippen LogP contribution in [0.25, 0.3) is 0 Å². The highest BCUT2D eigenvalue weighted by Gasteiger charge is 2.30. The summed E-state index contributed by atoms with van der Waals surface area (Å²) < 4.78 is 11.6. The van der Waals surface area contributed by atoms with Crippen molar-refractivity contribution >= 4 is 0 Å². The smallest absolute Gasteiger partial charge is 0.194 e. The van der Waals surface area contributed by atoms with Gasteiger partial charge in [-0.3, -0.25) is 0 Å². The zero-order chi connectivity index (χ0) is 14.6. The maximum Gasteiger partial charge on any atom is 0.194 e. The number of nitrogens with zero attached hydrogens (tertiary/aromatic N) is 1. The second kappa shape index (κ2) is 6.72. The third kappa shape index (κ3) is 4.32. The molecule has 1 N–H and O–H groups in total. The van der Waals surface area contributed by atoms with Crippen LogP contribution >= 0.6 is 0 Å². The predicted molar refractivity (Wildman–Crippen MR) is 80.0 cm³/mol. The third-order valence-electron chi connectivity index (χ3n) is 3.77. The molecule has 2 atom stereocenters. The van der Waals surface area contributed by atoms with Gasteiger partial charge in [-0.25, -0.2) is 4.98 Å². The summed E-state index contributed by atoms with van der Waals surface area (Å²) in [5, 5.41) is 3.48. The molecule has 1 saturated heterocycles. The molecule has 0 saturated carbocycles. The van der Waals surface area contributed by atoms with Crippen LogP contribution in [-0.2, 0) is 11.2 Å². The average Bonchev–Trinajstić information content (AvgIpc) is 3.01. The molecule has 0 aromatic carbocycles. The topological polar surface area (TPSA) is 47.3 Å². The molecule has 0 amide bonds. The summed E-state index contributed by atoms with van der Waals surface area (Å²) in [6.45, 7) is 10.5. The van der Waals surface area contributed by atoms with Gasteiger partial charge in [0.25, 0.3) is 0 Å². The normalized spacial score (nSPS) is 23.4. The van der Waals surface area contributed by atoms with E-state index >= 15 is 0 Å². The minimum absolute atomic E-state index is 0.178. The van der Waals surface area contributed by atoms with E-state index < -0.39 is 0 Å². The molecule has 1 aliphatic rings. The first-order valence-corrected chi connectivity index (χ1v) is 7.81. The number of ether oxygens (including phenoxy) is 1. The maximum absolute atomic E-state index is 5.91. The Hall–Kier alpha value is -0.870. The van der Waals surface area contributed by atoms with Crippen LogP contribution in [0, 0.1) is 0 Å². The van der Waals surface area contributed by atoms with E-state index in [4.69, 9.17) is 9.15 Å². The van der Waals surface area contributed by atoms with Crippen molar-refractivity contribution in [3.05, 3.63) is 17.8 Å². The first kappa shape index (κ1) is 15.5. The Morgan fingerprint density at radius 3 is 2.90 bits per heavy atom. The van der Waals surface area contributed by atoms with Gasteiger partial charge >= 0.3 is 0 Å². The van der Waals surface area contributed by atoms with Gasteiger partial charge in [0.2, 0.25) is 0 Å². The summed E-state index contributed by atoms with van der Waals surface area (Å²) in [6.07, 6.45) is 6.24. The number of oxazole rings is 1. The molecule has 0 bridgehead atoms. The van der Waals surface area contributed by atoms with Crippen LogP contribution in [0.2, 0.25) is 0 Å². The van der Waals surface area contributed by atoms with Gasteiger partial charge in [-0.1, -0.05) is 6.92 Å². The quantitative estimate of drug-likeness (QED) is 0.812. The van der Waals surface area contributed by atoms with Gasteiger partial charge in [0.05, 0.1) is 12.3 Å². The van der Waals surface area contributed by atoms with E-state index in [1.165, 1.54) is 0 Å². The molecule has 20 heavy (non-hydrogen) atoms. The lowest BCUT2D eigenvalue weighted by atomic mass is 9.97. The van der Waals surface area contributed by atoms with Crippen molar-refractivity contribution in [2.24, 2.45) is 0 Å². The fourth-order valence-corrected chi connectivity index (χ4v) is 2.69. The number of hydrogen-bond donors (Lipinski definition) is 1. The Morgan fingerprint density at radius 2 is 2.20 bits per heavy atom. The monoisotopic (exact) mass is 280 g/mol. The van der Waals surface area contributed by atoms with Gasteiger partial charge in [-0.2, -0.15) is 0 Å². The molecular formula is C16H28N2O2. The summed E-state index contributed by atoms with van der Waals surface area (Å²) >= 11 is 0. The Bertz CT molecular complexity index is 409. The van der Waals surface area contributed by atoms with E-state index in [0.29, 0.717) is 12.0 Å². The molecule has 4 heteroatoms. The molecule has 4 nitrogen and oxygen atoms in total. The van der Waals surface area contributed by atoms with Crippen molar-refractivity contribution in [3.63, 3.8) is 0 Å². The first-order valence-electron chi connectivity index (χ1n) is 7.81. The van der Waals surface area contributed by atoms with E-state index in [-0.39, 0.29) is 5.54 Å². The number of nitrogens with one attached hydrogen (secondary N) is 1. The molecule has 2 rings (SSSR count). The molecule has 114 valence electrons. The summed E-state index contributed by atoms with van der Waals surface area (Å²) in [6, 6.07) is 0. The fraction of sp³-hybridized carbons (Fsp3) is 0.812. The third-order valence-corrected chi connectivity index (χ3v) is 3.77. The molecule has 1 aromatic heterocycles. The Labute approximate surface area is 122 Å². The SMILES string of the molecule is CCC1OCCC1c1cnc(CCCNC(C)(C)C)o1. The van der Waals surface area contributed by atoms with E-state index in [1.807, 2.05) is 6.20 Å². The van der Waals surface area contributed by atoms with E-state index in [0.717, 1.165) is 50.5 Å². The lowest BCUT2D eigenvalue weighted by Crippen LogP contribution is -2.36. The largest absolute Gasteiger partial charge is 0.445 e. The van der Waals surface area contributed by atoms with Crippen molar-refractivity contribution in [1.29, 1.82) is 0 Å². The standard InChI is InChI=1S/C16H28N2O2/c1-5-13-12(8-10-19-13)14-11-17-15(20-14)7-6-9-18-16(2,3)4/h11-13,18H,5-10H2,1-4H3. The van der Waals surface area contributed by atoms with Crippen LogP contribution in [-0.4, -0.2) is 29.8 Å². The fourth-order valence-electron chi connectivity index (χ4n) is 2.69. The van der Waals surface area contributed by atoms with Crippen LogP contribution in [0.15, 0.2) is 10.6 Å². The lowest BCUT2D eigenvalue weighted by Gasteiger charge is -2.20. The van der Waals surface area contributed by atoms with E-state index in [1.54, 1.807) is 0 Å². The molecule has 1 fully saturated rings. The highest BCUT2D eigenvalue weighted by atomic mass is 16.5. The highest BCUT2D eigenvalue weighted by Crippen LogP contribution is 2.33. The Kier molecular flexibility index (Phi) is 5.22. The molecule has 1 aromatic rings. The number of aryl methyl sites for hydroxylation is 1. The van der Waals surface area contributed by atoms with Crippen molar-refractivity contribution in [1.82, 2.24) is 10.3 Å². The molecule has 2 heterocycles. The Morgan fingerprint density at radius 1 is 1.40 bits per heavy atom. The van der Waals surface area contributed by atoms with Gasteiger partial charge in [-0.05, 0) is 46.6 Å². The van der Waals surface area contributed by atoms with Crippen LogP contribution < -0.4 is 5.32 Å². The van der Waals surface area contributed by atoms with Gasteiger partial charge in [0.1, 0.15) is 5.76 Å². The van der Waals surface area contributed by atoms with Crippen LogP contribution in [0.4, 0.5) is 0 Å². The van der Waals surface area contributed by atoms with Crippen molar-refractivity contribution in [3.8, 4) is 0 Å².